The summed E-state index contributed by atoms with van der Waals surface area (Å²) in [7, 11) is -2.65. The highest BCUT2D eigenvalue weighted by atomic mass is 32.2. The highest BCUT2D eigenvalue weighted by molar-refractivity contribution is 7.89. The number of piperidine rings is 1. The van der Waals surface area contributed by atoms with Gasteiger partial charge in [-0.1, -0.05) is 0 Å². The average Bonchev–Trinajstić information content (AvgIpc) is 2.47. The van der Waals surface area contributed by atoms with Crippen LogP contribution in [0, 0.1) is 5.82 Å². The first kappa shape index (κ1) is 15.9. The zero-order valence-corrected chi connectivity index (χ0v) is 12.4. The Morgan fingerprint density at radius 3 is 2.57 bits per heavy atom. The Morgan fingerprint density at radius 1 is 1.38 bits per heavy atom. The Bertz CT molecular complexity index is 642. The molecule has 2 rings (SSSR count). The molecule has 1 heterocycles. The van der Waals surface area contributed by atoms with E-state index < -0.39 is 32.3 Å². The molecule has 0 bridgehead atoms. The lowest BCUT2D eigenvalue weighted by atomic mass is 10.1. The third kappa shape index (κ3) is 3.22. The number of aromatic carboxylic acids is 1. The molecule has 1 fully saturated rings. The van der Waals surface area contributed by atoms with E-state index in [9.17, 15) is 17.6 Å². The molecule has 1 aromatic rings. The lowest BCUT2D eigenvalue weighted by Gasteiger charge is -2.31. The van der Waals surface area contributed by atoms with Gasteiger partial charge in [0.2, 0.25) is 10.0 Å². The monoisotopic (exact) mass is 316 g/mol. The van der Waals surface area contributed by atoms with Crippen LogP contribution in [-0.2, 0) is 10.0 Å². The normalized spacial score (nSPS) is 17.1. The highest BCUT2D eigenvalue weighted by Gasteiger charge is 2.32. The molecule has 1 aliphatic heterocycles. The van der Waals surface area contributed by atoms with Crippen molar-refractivity contribution in [1.82, 2.24) is 9.62 Å². The summed E-state index contributed by atoms with van der Waals surface area (Å²) >= 11 is 0. The van der Waals surface area contributed by atoms with E-state index in [1.54, 1.807) is 0 Å². The van der Waals surface area contributed by atoms with Crippen LogP contribution < -0.4 is 5.32 Å². The molecule has 0 amide bonds. The number of nitrogens with zero attached hydrogens (tertiary/aromatic N) is 1. The van der Waals surface area contributed by atoms with Crippen molar-refractivity contribution >= 4 is 16.0 Å². The van der Waals surface area contributed by atoms with Gasteiger partial charge in [-0.2, -0.15) is 4.31 Å². The van der Waals surface area contributed by atoms with E-state index in [4.69, 9.17) is 5.11 Å². The van der Waals surface area contributed by atoms with Crippen LogP contribution in [0.1, 0.15) is 23.2 Å². The Morgan fingerprint density at radius 2 is 2.00 bits per heavy atom. The number of rotatable bonds is 4. The molecule has 6 nitrogen and oxygen atoms in total. The van der Waals surface area contributed by atoms with E-state index in [1.807, 2.05) is 0 Å². The standard InChI is InChI=1S/C13H17FN2O4S/c1-16(10-4-6-15-7-5-10)21(19,20)12-8-9(14)2-3-11(12)13(17)18/h2-3,8,10,15H,4-7H2,1H3,(H,17,18). The number of nitrogens with one attached hydrogen (secondary N) is 1. The zero-order chi connectivity index (χ0) is 15.6. The molecule has 0 atom stereocenters. The van der Waals surface area contributed by atoms with Crippen molar-refractivity contribution < 1.29 is 22.7 Å². The van der Waals surface area contributed by atoms with Gasteiger partial charge in [-0.15, -0.1) is 0 Å². The fraction of sp³-hybridized carbons (Fsp3) is 0.462. The lowest BCUT2D eigenvalue weighted by molar-refractivity contribution is 0.0692. The largest absolute Gasteiger partial charge is 0.478 e. The van der Waals surface area contributed by atoms with Crippen molar-refractivity contribution in [1.29, 1.82) is 0 Å². The number of hydrogen-bond donors (Lipinski definition) is 2. The van der Waals surface area contributed by atoms with Crippen LogP contribution >= 0.6 is 0 Å². The van der Waals surface area contributed by atoms with Gasteiger partial charge in [0.15, 0.2) is 0 Å². The van der Waals surface area contributed by atoms with Gasteiger partial charge in [-0.3, -0.25) is 0 Å². The first-order valence-corrected chi connectivity index (χ1v) is 7.99. The first-order valence-electron chi connectivity index (χ1n) is 6.55. The Balaban J connectivity index is 2.43. The van der Waals surface area contributed by atoms with Crippen LogP contribution in [0.2, 0.25) is 0 Å². The Labute approximate surface area is 122 Å². The summed E-state index contributed by atoms with van der Waals surface area (Å²) in [6, 6.07) is 2.45. The van der Waals surface area contributed by atoms with Gasteiger partial charge in [-0.05, 0) is 44.1 Å². The van der Waals surface area contributed by atoms with Gasteiger partial charge in [0.1, 0.15) is 5.82 Å². The third-order valence-corrected chi connectivity index (χ3v) is 5.60. The molecule has 0 aromatic heterocycles. The van der Waals surface area contributed by atoms with Crippen molar-refractivity contribution in [2.45, 2.75) is 23.8 Å². The summed E-state index contributed by atoms with van der Waals surface area (Å²) < 4.78 is 39.7. The van der Waals surface area contributed by atoms with Crippen molar-refractivity contribution in [2.24, 2.45) is 0 Å². The van der Waals surface area contributed by atoms with E-state index in [0.29, 0.717) is 25.9 Å². The van der Waals surface area contributed by atoms with E-state index in [1.165, 1.54) is 7.05 Å². The SMILES string of the molecule is CN(C1CCNCC1)S(=O)(=O)c1cc(F)ccc1C(=O)O. The van der Waals surface area contributed by atoms with E-state index in [0.717, 1.165) is 22.5 Å². The third-order valence-electron chi connectivity index (χ3n) is 3.65. The van der Waals surface area contributed by atoms with E-state index in [-0.39, 0.29) is 6.04 Å². The molecular formula is C13H17FN2O4S. The molecule has 0 unspecified atom stereocenters. The number of hydrogen-bond acceptors (Lipinski definition) is 4. The second kappa shape index (κ2) is 6.08. The summed E-state index contributed by atoms with van der Waals surface area (Å²) in [6.45, 7) is 1.39. The summed E-state index contributed by atoms with van der Waals surface area (Å²) in [4.78, 5) is 10.7. The quantitative estimate of drug-likeness (QED) is 0.862. The summed E-state index contributed by atoms with van der Waals surface area (Å²) in [5.41, 5.74) is -0.419. The first-order chi connectivity index (χ1) is 9.84. The minimum absolute atomic E-state index is 0.221. The molecule has 1 aromatic carbocycles. The smallest absolute Gasteiger partial charge is 0.337 e. The second-order valence-corrected chi connectivity index (χ2v) is 6.91. The fourth-order valence-corrected chi connectivity index (χ4v) is 4.02. The van der Waals surface area contributed by atoms with Gasteiger partial charge in [0, 0.05) is 13.1 Å². The predicted octanol–water partition coefficient (Wildman–Crippen LogP) is 0.896. The van der Waals surface area contributed by atoms with Crippen LogP contribution in [0.3, 0.4) is 0 Å². The number of benzene rings is 1. The molecule has 21 heavy (non-hydrogen) atoms. The van der Waals surface area contributed by atoms with Gasteiger partial charge in [-0.25, -0.2) is 17.6 Å². The lowest BCUT2D eigenvalue weighted by Crippen LogP contribution is -2.44. The van der Waals surface area contributed by atoms with Crippen LogP contribution in [0.5, 0.6) is 0 Å². The highest BCUT2D eigenvalue weighted by Crippen LogP contribution is 2.24. The van der Waals surface area contributed by atoms with Gasteiger partial charge >= 0.3 is 5.97 Å². The van der Waals surface area contributed by atoms with Gasteiger partial charge in [0.25, 0.3) is 0 Å². The average molecular weight is 316 g/mol. The summed E-state index contributed by atoms with van der Waals surface area (Å²) in [5.74, 6) is -2.18. The molecule has 8 heteroatoms. The minimum Gasteiger partial charge on any atom is -0.478 e. The maximum absolute atomic E-state index is 13.4. The van der Waals surface area contributed by atoms with Gasteiger partial charge < -0.3 is 10.4 Å². The predicted molar refractivity (Wildman–Crippen MR) is 74.2 cm³/mol. The second-order valence-electron chi connectivity index (χ2n) is 4.95. The van der Waals surface area contributed by atoms with Crippen molar-refractivity contribution in [3.05, 3.63) is 29.6 Å². The molecule has 0 aliphatic carbocycles. The molecular weight excluding hydrogens is 299 g/mol. The maximum Gasteiger partial charge on any atom is 0.337 e. The topological polar surface area (TPSA) is 86.7 Å². The Hall–Kier alpha value is -1.51. The molecule has 0 spiro atoms. The summed E-state index contributed by atoms with van der Waals surface area (Å²) in [5, 5.41) is 12.2. The minimum atomic E-state index is -4.05. The number of carboxylic acids is 1. The number of carbonyl (C=O) groups is 1. The molecule has 116 valence electrons. The molecule has 2 N–H and O–H groups in total. The number of carboxylic acid groups (broad SMARTS) is 1. The van der Waals surface area contributed by atoms with E-state index >= 15 is 0 Å². The Kier molecular flexibility index (Phi) is 4.60. The van der Waals surface area contributed by atoms with Crippen LogP contribution in [-0.4, -0.2) is 50.0 Å². The van der Waals surface area contributed by atoms with Crippen LogP contribution in [0.25, 0.3) is 0 Å². The van der Waals surface area contributed by atoms with Crippen molar-refractivity contribution in [3.8, 4) is 0 Å². The maximum atomic E-state index is 13.4. The molecule has 1 saturated heterocycles. The van der Waals surface area contributed by atoms with Crippen LogP contribution in [0.15, 0.2) is 23.1 Å². The number of halogens is 1. The molecule has 1 aliphatic rings. The van der Waals surface area contributed by atoms with Crippen molar-refractivity contribution in [3.63, 3.8) is 0 Å². The fourth-order valence-electron chi connectivity index (χ4n) is 2.41. The van der Waals surface area contributed by atoms with Crippen molar-refractivity contribution in [2.75, 3.05) is 20.1 Å². The summed E-state index contributed by atoms with van der Waals surface area (Å²) in [6.07, 6.45) is 1.26. The van der Waals surface area contributed by atoms with E-state index in [2.05, 4.69) is 5.32 Å². The molecule has 0 saturated carbocycles. The zero-order valence-electron chi connectivity index (χ0n) is 11.5. The molecule has 0 radical (unpaired) electrons. The number of sulfonamides is 1. The van der Waals surface area contributed by atoms with Gasteiger partial charge in [0.05, 0.1) is 10.5 Å². The van der Waals surface area contributed by atoms with Crippen LogP contribution in [0.4, 0.5) is 4.39 Å².